The number of hydrogen-bond donors (Lipinski definition) is 1. The molecular weight excluding hydrogens is 332 g/mol. The lowest BCUT2D eigenvalue weighted by Crippen LogP contribution is -2.39. The van der Waals surface area contributed by atoms with Crippen molar-refractivity contribution in [2.75, 3.05) is 13.7 Å². The van der Waals surface area contributed by atoms with E-state index in [1.54, 1.807) is 25.6 Å². The van der Waals surface area contributed by atoms with Gasteiger partial charge in [0.15, 0.2) is 12.4 Å². The quantitative estimate of drug-likeness (QED) is 0.820. The zero-order chi connectivity index (χ0) is 18.2. The molecule has 0 atom stereocenters. The van der Waals surface area contributed by atoms with Crippen molar-refractivity contribution in [2.45, 2.75) is 44.8 Å². The van der Waals surface area contributed by atoms with Gasteiger partial charge in [-0.1, -0.05) is 19.3 Å². The van der Waals surface area contributed by atoms with Crippen LogP contribution in [0.5, 0.6) is 5.88 Å². The molecular formula is C19H24N4O3. The van der Waals surface area contributed by atoms with E-state index in [9.17, 15) is 4.79 Å². The minimum absolute atomic E-state index is 0.0598. The highest BCUT2D eigenvalue weighted by Crippen LogP contribution is 2.19. The monoisotopic (exact) mass is 356 g/mol. The molecule has 3 rings (SSSR count). The Kier molecular flexibility index (Phi) is 6.49. The van der Waals surface area contributed by atoms with Gasteiger partial charge in [-0.3, -0.25) is 9.78 Å². The lowest BCUT2D eigenvalue weighted by Gasteiger charge is -2.22. The Morgan fingerprint density at radius 3 is 2.69 bits per heavy atom. The number of rotatable bonds is 7. The lowest BCUT2D eigenvalue weighted by molar-refractivity contribution is -0.124. The van der Waals surface area contributed by atoms with Crippen molar-refractivity contribution in [1.29, 1.82) is 0 Å². The maximum absolute atomic E-state index is 12.1. The molecule has 7 nitrogen and oxygen atoms in total. The smallest absolute Gasteiger partial charge is 0.258 e. The van der Waals surface area contributed by atoms with Gasteiger partial charge < -0.3 is 14.8 Å². The SMILES string of the molecule is COCc1cc(OCC(=O)NC2CCCCC2)nc(-c2ccncc2)n1. The van der Waals surface area contributed by atoms with E-state index < -0.39 is 0 Å². The fraction of sp³-hybridized carbons (Fsp3) is 0.474. The highest BCUT2D eigenvalue weighted by atomic mass is 16.5. The maximum Gasteiger partial charge on any atom is 0.258 e. The number of carbonyl (C=O) groups excluding carboxylic acids is 1. The van der Waals surface area contributed by atoms with Gasteiger partial charge in [-0.05, 0) is 25.0 Å². The first-order chi connectivity index (χ1) is 12.7. The van der Waals surface area contributed by atoms with Crippen molar-refractivity contribution in [3.05, 3.63) is 36.3 Å². The summed E-state index contributed by atoms with van der Waals surface area (Å²) in [4.78, 5) is 25.0. The molecule has 0 aromatic carbocycles. The summed E-state index contributed by atoms with van der Waals surface area (Å²) >= 11 is 0. The molecule has 1 fully saturated rings. The minimum atomic E-state index is -0.116. The number of pyridine rings is 1. The van der Waals surface area contributed by atoms with Gasteiger partial charge in [0.05, 0.1) is 12.3 Å². The third kappa shape index (κ3) is 5.23. The van der Waals surface area contributed by atoms with Crippen LogP contribution >= 0.6 is 0 Å². The summed E-state index contributed by atoms with van der Waals surface area (Å²) in [5, 5.41) is 3.03. The van der Waals surface area contributed by atoms with E-state index in [1.165, 1.54) is 19.3 Å². The predicted molar refractivity (Wildman–Crippen MR) is 96.5 cm³/mol. The topological polar surface area (TPSA) is 86.2 Å². The van der Waals surface area contributed by atoms with E-state index in [2.05, 4.69) is 20.3 Å². The number of ether oxygens (including phenoxy) is 2. The summed E-state index contributed by atoms with van der Waals surface area (Å²) in [7, 11) is 1.60. The van der Waals surface area contributed by atoms with Crippen LogP contribution in [0.25, 0.3) is 11.4 Å². The molecule has 1 saturated carbocycles. The van der Waals surface area contributed by atoms with Gasteiger partial charge in [-0.2, -0.15) is 4.98 Å². The molecule has 1 N–H and O–H groups in total. The van der Waals surface area contributed by atoms with Crippen LogP contribution < -0.4 is 10.1 Å². The zero-order valence-electron chi connectivity index (χ0n) is 15.0. The van der Waals surface area contributed by atoms with Crippen LogP contribution in [0, 0.1) is 0 Å². The zero-order valence-corrected chi connectivity index (χ0v) is 15.0. The third-order valence-electron chi connectivity index (χ3n) is 4.31. The van der Waals surface area contributed by atoms with Crippen LogP contribution in [0.2, 0.25) is 0 Å². The van der Waals surface area contributed by atoms with Crippen LogP contribution in [0.1, 0.15) is 37.8 Å². The average Bonchev–Trinajstić information content (AvgIpc) is 2.68. The summed E-state index contributed by atoms with van der Waals surface area (Å²) < 4.78 is 10.8. The molecule has 138 valence electrons. The van der Waals surface area contributed by atoms with Crippen LogP contribution in [-0.4, -0.2) is 40.6 Å². The Bertz CT molecular complexity index is 718. The summed E-state index contributed by atoms with van der Waals surface area (Å²) in [5.41, 5.74) is 1.52. The number of hydrogen-bond acceptors (Lipinski definition) is 6. The fourth-order valence-corrected chi connectivity index (χ4v) is 3.05. The number of nitrogens with one attached hydrogen (secondary N) is 1. The highest BCUT2D eigenvalue weighted by molar-refractivity contribution is 5.77. The van der Waals surface area contributed by atoms with E-state index >= 15 is 0 Å². The molecule has 2 aromatic rings. The van der Waals surface area contributed by atoms with Crippen LogP contribution in [0.3, 0.4) is 0 Å². The summed E-state index contributed by atoms with van der Waals surface area (Å²) in [6, 6.07) is 5.61. The van der Waals surface area contributed by atoms with E-state index in [4.69, 9.17) is 9.47 Å². The molecule has 2 heterocycles. The van der Waals surface area contributed by atoms with Gasteiger partial charge in [-0.25, -0.2) is 4.98 Å². The van der Waals surface area contributed by atoms with E-state index in [0.29, 0.717) is 24.0 Å². The van der Waals surface area contributed by atoms with Crippen molar-refractivity contribution in [2.24, 2.45) is 0 Å². The Labute approximate surface area is 153 Å². The van der Waals surface area contributed by atoms with Crippen molar-refractivity contribution < 1.29 is 14.3 Å². The minimum Gasteiger partial charge on any atom is -0.467 e. The second-order valence-electron chi connectivity index (χ2n) is 6.38. The number of amides is 1. The molecule has 7 heteroatoms. The third-order valence-corrected chi connectivity index (χ3v) is 4.31. The maximum atomic E-state index is 12.1. The molecule has 0 unspecified atom stereocenters. The molecule has 1 aliphatic carbocycles. The van der Waals surface area contributed by atoms with Gasteiger partial charge in [0, 0.05) is 37.2 Å². The standard InChI is InChI=1S/C19H24N4O3/c1-25-12-16-11-18(23-19(22-16)14-7-9-20-10-8-14)26-13-17(24)21-15-5-3-2-4-6-15/h7-11,15H,2-6,12-13H2,1H3,(H,21,24). The van der Waals surface area contributed by atoms with E-state index in [1.807, 2.05) is 12.1 Å². The number of methoxy groups -OCH3 is 1. The number of nitrogens with zero attached hydrogens (tertiary/aromatic N) is 3. The first kappa shape index (κ1) is 18.3. The van der Waals surface area contributed by atoms with Crippen molar-refractivity contribution in [3.63, 3.8) is 0 Å². The summed E-state index contributed by atoms with van der Waals surface area (Å²) in [6.45, 7) is 0.279. The Balaban J connectivity index is 1.66. The second-order valence-corrected chi connectivity index (χ2v) is 6.38. The van der Waals surface area contributed by atoms with Crippen LogP contribution in [-0.2, 0) is 16.1 Å². The molecule has 2 aromatic heterocycles. The van der Waals surface area contributed by atoms with Crippen LogP contribution in [0.4, 0.5) is 0 Å². The van der Waals surface area contributed by atoms with Gasteiger partial charge in [0.25, 0.3) is 5.91 Å². The number of aromatic nitrogens is 3. The largest absolute Gasteiger partial charge is 0.467 e. The first-order valence-electron chi connectivity index (χ1n) is 8.94. The molecule has 1 amide bonds. The molecule has 0 radical (unpaired) electrons. The van der Waals surface area contributed by atoms with Crippen molar-refractivity contribution >= 4 is 5.91 Å². The Morgan fingerprint density at radius 2 is 1.96 bits per heavy atom. The molecule has 0 aliphatic heterocycles. The fourth-order valence-electron chi connectivity index (χ4n) is 3.05. The van der Waals surface area contributed by atoms with Crippen molar-refractivity contribution in [1.82, 2.24) is 20.3 Å². The van der Waals surface area contributed by atoms with E-state index in [-0.39, 0.29) is 18.6 Å². The molecule has 0 saturated heterocycles. The van der Waals surface area contributed by atoms with Gasteiger partial charge in [0.2, 0.25) is 5.88 Å². The normalized spacial score (nSPS) is 14.8. The Morgan fingerprint density at radius 1 is 1.19 bits per heavy atom. The lowest BCUT2D eigenvalue weighted by atomic mass is 9.95. The molecule has 1 aliphatic rings. The van der Waals surface area contributed by atoms with Gasteiger partial charge >= 0.3 is 0 Å². The molecule has 26 heavy (non-hydrogen) atoms. The summed E-state index contributed by atoms with van der Waals surface area (Å²) in [6.07, 6.45) is 9.05. The summed E-state index contributed by atoms with van der Waals surface area (Å²) in [5.74, 6) is 0.761. The first-order valence-corrected chi connectivity index (χ1v) is 8.94. The molecule has 0 bridgehead atoms. The van der Waals surface area contributed by atoms with E-state index in [0.717, 1.165) is 18.4 Å². The predicted octanol–water partition coefficient (Wildman–Crippen LogP) is 2.51. The highest BCUT2D eigenvalue weighted by Gasteiger charge is 2.16. The van der Waals surface area contributed by atoms with Crippen LogP contribution in [0.15, 0.2) is 30.6 Å². The average molecular weight is 356 g/mol. The van der Waals surface area contributed by atoms with Gasteiger partial charge in [0.1, 0.15) is 0 Å². The van der Waals surface area contributed by atoms with Crippen molar-refractivity contribution in [3.8, 4) is 17.3 Å². The molecule has 0 spiro atoms. The number of carbonyl (C=O) groups is 1. The Hall–Kier alpha value is -2.54. The second kappa shape index (κ2) is 9.24. The van der Waals surface area contributed by atoms with Gasteiger partial charge in [-0.15, -0.1) is 0 Å².